The van der Waals surface area contributed by atoms with Crippen molar-refractivity contribution in [1.29, 1.82) is 0 Å². The Labute approximate surface area is 104 Å². The molecular formula is C11H10F7N. The van der Waals surface area contributed by atoms with E-state index in [9.17, 15) is 30.7 Å². The third-order valence-electron chi connectivity index (χ3n) is 2.63. The fraction of sp³-hybridized carbons (Fsp3) is 0.455. The number of benzene rings is 1. The summed E-state index contributed by atoms with van der Waals surface area (Å²) in [6.45, 7) is 1.22. The smallest absolute Gasteiger partial charge is 0.323 e. The van der Waals surface area contributed by atoms with Crippen LogP contribution in [0.3, 0.4) is 0 Å². The number of alkyl halides is 6. The average molecular weight is 289 g/mol. The summed E-state index contributed by atoms with van der Waals surface area (Å²) in [5, 5.41) is 0. The van der Waals surface area contributed by atoms with Crippen molar-refractivity contribution in [2.75, 3.05) is 0 Å². The van der Waals surface area contributed by atoms with Crippen molar-refractivity contribution >= 4 is 0 Å². The van der Waals surface area contributed by atoms with Gasteiger partial charge in [-0.3, -0.25) is 0 Å². The molecule has 0 fully saturated rings. The van der Waals surface area contributed by atoms with Crippen LogP contribution in [0.4, 0.5) is 30.7 Å². The Kier molecular flexibility index (Phi) is 4.14. The minimum atomic E-state index is -5.53. The van der Waals surface area contributed by atoms with E-state index in [1.807, 2.05) is 0 Å². The molecule has 1 aromatic rings. The minimum Gasteiger partial charge on any atom is -0.323 e. The number of hydrogen-bond donors (Lipinski definition) is 1. The van der Waals surface area contributed by atoms with Crippen LogP contribution in [0.25, 0.3) is 0 Å². The number of rotatable bonds is 2. The number of hydrogen-bond acceptors (Lipinski definition) is 1. The molecule has 0 aliphatic heterocycles. The summed E-state index contributed by atoms with van der Waals surface area (Å²) in [7, 11) is 0. The van der Waals surface area contributed by atoms with Crippen LogP contribution in [0.1, 0.15) is 17.2 Å². The van der Waals surface area contributed by atoms with E-state index in [1.165, 1.54) is 6.92 Å². The molecule has 0 amide bonds. The highest BCUT2D eigenvalue weighted by Gasteiger charge is 2.59. The van der Waals surface area contributed by atoms with Crippen LogP contribution in [0.5, 0.6) is 0 Å². The largest absolute Gasteiger partial charge is 0.402 e. The van der Waals surface area contributed by atoms with E-state index < -0.39 is 35.7 Å². The Bertz CT molecular complexity index is 435. The predicted octanol–water partition coefficient (Wildman–Crippen LogP) is 3.87. The molecule has 0 aromatic heterocycles. The maximum absolute atomic E-state index is 12.9. The Hall–Kier alpha value is -1.31. The summed E-state index contributed by atoms with van der Waals surface area (Å²) >= 11 is 0. The van der Waals surface area contributed by atoms with Gasteiger partial charge in [0, 0.05) is 0 Å². The van der Waals surface area contributed by atoms with Crippen LogP contribution < -0.4 is 5.73 Å². The lowest BCUT2D eigenvalue weighted by molar-refractivity contribution is -0.290. The monoisotopic (exact) mass is 289 g/mol. The minimum absolute atomic E-state index is 0.0731. The van der Waals surface area contributed by atoms with E-state index in [2.05, 4.69) is 0 Å². The molecule has 0 radical (unpaired) electrons. The van der Waals surface area contributed by atoms with Crippen molar-refractivity contribution < 1.29 is 30.7 Å². The molecule has 0 spiro atoms. The van der Waals surface area contributed by atoms with Gasteiger partial charge >= 0.3 is 12.4 Å². The van der Waals surface area contributed by atoms with Gasteiger partial charge in [-0.2, -0.15) is 26.3 Å². The van der Waals surface area contributed by atoms with Crippen molar-refractivity contribution in [1.82, 2.24) is 0 Å². The molecule has 0 aliphatic carbocycles. The summed E-state index contributed by atoms with van der Waals surface area (Å²) in [5.41, 5.74) is 4.58. The first kappa shape index (κ1) is 15.7. The summed E-state index contributed by atoms with van der Waals surface area (Å²) < 4.78 is 87.7. The molecule has 0 saturated heterocycles. The van der Waals surface area contributed by atoms with Crippen LogP contribution >= 0.6 is 0 Å². The van der Waals surface area contributed by atoms with Gasteiger partial charge in [0.2, 0.25) is 0 Å². The quantitative estimate of drug-likeness (QED) is 0.822. The summed E-state index contributed by atoms with van der Waals surface area (Å²) in [4.78, 5) is 0. The lowest BCUT2D eigenvalue weighted by atomic mass is 9.91. The van der Waals surface area contributed by atoms with Gasteiger partial charge in [-0.15, -0.1) is 0 Å². The van der Waals surface area contributed by atoms with E-state index >= 15 is 0 Å². The lowest BCUT2D eigenvalue weighted by Crippen LogP contribution is -2.44. The molecule has 2 N–H and O–H groups in total. The van der Waals surface area contributed by atoms with Crippen LogP contribution in [0, 0.1) is 18.7 Å². The van der Waals surface area contributed by atoms with E-state index in [0.29, 0.717) is 0 Å². The van der Waals surface area contributed by atoms with Crippen LogP contribution in [0.2, 0.25) is 0 Å². The zero-order chi connectivity index (χ0) is 15.0. The summed E-state index contributed by atoms with van der Waals surface area (Å²) in [6, 6.07) is 0.148. The first-order valence-electron chi connectivity index (χ1n) is 5.09. The average Bonchev–Trinajstić information content (AvgIpc) is 2.17. The number of nitrogens with two attached hydrogens (primary N) is 1. The van der Waals surface area contributed by atoms with Crippen molar-refractivity contribution in [3.8, 4) is 0 Å². The maximum atomic E-state index is 12.9. The van der Waals surface area contributed by atoms with Gasteiger partial charge in [0.1, 0.15) is 5.82 Å². The zero-order valence-electron chi connectivity index (χ0n) is 9.61. The molecule has 19 heavy (non-hydrogen) atoms. The van der Waals surface area contributed by atoms with Gasteiger partial charge in [0.15, 0.2) is 5.92 Å². The Morgan fingerprint density at radius 3 is 1.84 bits per heavy atom. The molecule has 1 unspecified atom stereocenters. The second-order valence-corrected chi connectivity index (χ2v) is 4.10. The van der Waals surface area contributed by atoms with Crippen molar-refractivity contribution in [3.05, 3.63) is 35.1 Å². The van der Waals surface area contributed by atoms with Crippen LogP contribution in [-0.4, -0.2) is 12.4 Å². The van der Waals surface area contributed by atoms with Crippen LogP contribution in [-0.2, 0) is 0 Å². The Balaban J connectivity index is 3.20. The second kappa shape index (κ2) is 4.99. The predicted molar refractivity (Wildman–Crippen MR) is 53.7 cm³/mol. The molecule has 1 rings (SSSR count). The fourth-order valence-corrected chi connectivity index (χ4v) is 1.66. The number of halogens is 7. The third-order valence-corrected chi connectivity index (χ3v) is 2.63. The highest BCUT2D eigenvalue weighted by molar-refractivity contribution is 5.27. The van der Waals surface area contributed by atoms with Gasteiger partial charge in [0.25, 0.3) is 0 Å². The molecule has 0 saturated carbocycles. The van der Waals surface area contributed by atoms with E-state index in [1.54, 1.807) is 0 Å². The third kappa shape index (κ3) is 3.59. The van der Waals surface area contributed by atoms with Crippen molar-refractivity contribution in [3.63, 3.8) is 0 Å². The Morgan fingerprint density at radius 1 is 1.00 bits per heavy atom. The molecule has 1 aromatic carbocycles. The second-order valence-electron chi connectivity index (χ2n) is 4.10. The van der Waals surface area contributed by atoms with Crippen molar-refractivity contribution in [2.45, 2.75) is 25.3 Å². The summed E-state index contributed by atoms with van der Waals surface area (Å²) in [5.74, 6) is -4.42. The van der Waals surface area contributed by atoms with Gasteiger partial charge in [-0.25, -0.2) is 4.39 Å². The molecule has 8 heteroatoms. The van der Waals surface area contributed by atoms with Gasteiger partial charge < -0.3 is 5.73 Å². The normalized spacial score (nSPS) is 14.8. The first-order chi connectivity index (χ1) is 8.44. The van der Waals surface area contributed by atoms with E-state index in [-0.39, 0.29) is 5.56 Å². The van der Waals surface area contributed by atoms with Crippen molar-refractivity contribution in [2.24, 2.45) is 11.7 Å². The standard InChI is InChI=1S/C11H10F7N/c1-5-4-6(2-3-7(5)12)8(19)9(10(13,14)15)11(16,17)18/h2-4,8-9H,19H2,1H3. The molecule has 0 heterocycles. The SMILES string of the molecule is Cc1cc(C(N)C(C(F)(F)F)C(F)(F)F)ccc1F. The molecule has 1 nitrogen and oxygen atoms in total. The fourth-order valence-electron chi connectivity index (χ4n) is 1.66. The molecular weight excluding hydrogens is 279 g/mol. The number of aryl methyl sites for hydroxylation is 1. The maximum Gasteiger partial charge on any atom is 0.402 e. The molecule has 0 aliphatic rings. The molecule has 108 valence electrons. The molecule has 1 atom stereocenters. The van der Waals surface area contributed by atoms with Gasteiger partial charge in [0.05, 0.1) is 6.04 Å². The van der Waals surface area contributed by atoms with Gasteiger partial charge in [-0.05, 0) is 24.1 Å². The van der Waals surface area contributed by atoms with E-state index in [4.69, 9.17) is 5.73 Å². The molecule has 0 bridgehead atoms. The zero-order valence-corrected chi connectivity index (χ0v) is 9.61. The topological polar surface area (TPSA) is 26.0 Å². The van der Waals surface area contributed by atoms with E-state index in [0.717, 1.165) is 18.2 Å². The Morgan fingerprint density at radius 2 is 1.47 bits per heavy atom. The highest BCUT2D eigenvalue weighted by Crippen LogP contribution is 2.45. The lowest BCUT2D eigenvalue weighted by Gasteiger charge is -2.28. The van der Waals surface area contributed by atoms with Crippen LogP contribution in [0.15, 0.2) is 18.2 Å². The highest BCUT2D eigenvalue weighted by atomic mass is 19.4. The summed E-state index contributed by atoms with van der Waals surface area (Å²) in [6.07, 6.45) is -11.1. The first-order valence-corrected chi connectivity index (χ1v) is 5.09. The van der Waals surface area contributed by atoms with Gasteiger partial charge in [-0.1, -0.05) is 12.1 Å².